The molecule has 0 aliphatic carbocycles. The van der Waals surface area contributed by atoms with Crippen LogP contribution in [0.3, 0.4) is 0 Å². The molecule has 7 heteroatoms. The lowest BCUT2D eigenvalue weighted by Crippen LogP contribution is -2.12. The second-order valence-corrected chi connectivity index (χ2v) is 4.47. The highest BCUT2D eigenvalue weighted by Crippen LogP contribution is 2.11. The topological polar surface area (TPSA) is 80.5 Å². The van der Waals surface area contributed by atoms with Gasteiger partial charge in [-0.05, 0) is 6.92 Å². The lowest BCUT2D eigenvalue weighted by molar-refractivity contribution is 0.786. The molecular weight excluding hydrogens is 254 g/mol. The van der Waals surface area contributed by atoms with E-state index in [9.17, 15) is 0 Å². The molecule has 0 bridgehead atoms. The van der Waals surface area contributed by atoms with Crippen molar-refractivity contribution in [3.63, 3.8) is 0 Å². The zero-order valence-corrected chi connectivity index (χ0v) is 12.2. The van der Waals surface area contributed by atoms with Gasteiger partial charge in [-0.1, -0.05) is 6.92 Å². The first-order valence-corrected chi connectivity index (χ1v) is 6.91. The molecule has 7 nitrogen and oxygen atoms in total. The highest BCUT2D eigenvalue weighted by atomic mass is 15.2. The monoisotopic (exact) mass is 275 g/mol. The smallest absolute Gasteiger partial charge is 0.134 e. The van der Waals surface area contributed by atoms with Gasteiger partial charge in [0.15, 0.2) is 0 Å². The summed E-state index contributed by atoms with van der Waals surface area (Å²) >= 11 is 0. The first-order chi connectivity index (χ1) is 9.72. The van der Waals surface area contributed by atoms with E-state index in [4.69, 9.17) is 0 Å². The van der Waals surface area contributed by atoms with Gasteiger partial charge in [-0.25, -0.2) is 9.97 Å². The number of rotatable bonds is 7. The molecule has 0 radical (unpaired) electrons. The fourth-order valence-corrected chi connectivity index (χ4v) is 1.85. The molecule has 20 heavy (non-hydrogen) atoms. The minimum Gasteiger partial charge on any atom is -0.370 e. The van der Waals surface area contributed by atoms with E-state index in [1.807, 2.05) is 24.6 Å². The van der Waals surface area contributed by atoms with E-state index in [1.165, 1.54) is 0 Å². The molecule has 2 aromatic rings. The van der Waals surface area contributed by atoms with Crippen molar-refractivity contribution in [1.29, 1.82) is 0 Å². The van der Waals surface area contributed by atoms with Crippen LogP contribution in [0.1, 0.15) is 25.5 Å². The van der Waals surface area contributed by atoms with Crippen molar-refractivity contribution in [3.05, 3.63) is 24.0 Å². The van der Waals surface area contributed by atoms with Crippen LogP contribution in [0.2, 0.25) is 0 Å². The molecule has 0 aliphatic heterocycles. The predicted octanol–water partition coefficient (Wildman–Crippen LogP) is 1.25. The quantitative estimate of drug-likeness (QED) is 0.791. The maximum absolute atomic E-state index is 4.47. The third-order valence-electron chi connectivity index (χ3n) is 2.91. The van der Waals surface area contributed by atoms with Crippen molar-refractivity contribution in [2.45, 2.75) is 26.7 Å². The highest BCUT2D eigenvalue weighted by Gasteiger charge is 2.04. The lowest BCUT2D eigenvalue weighted by Gasteiger charge is -2.09. The van der Waals surface area contributed by atoms with Gasteiger partial charge in [0.1, 0.15) is 29.6 Å². The Morgan fingerprint density at radius 1 is 1.15 bits per heavy atom. The Balaban J connectivity index is 1.97. The Morgan fingerprint density at radius 2 is 1.90 bits per heavy atom. The van der Waals surface area contributed by atoms with Crippen molar-refractivity contribution in [2.24, 2.45) is 7.05 Å². The maximum Gasteiger partial charge on any atom is 0.134 e. The van der Waals surface area contributed by atoms with E-state index in [2.05, 4.69) is 37.7 Å². The zero-order chi connectivity index (χ0) is 14.4. The largest absolute Gasteiger partial charge is 0.370 e. The van der Waals surface area contributed by atoms with Crippen molar-refractivity contribution in [3.8, 4) is 0 Å². The highest BCUT2D eigenvalue weighted by molar-refractivity contribution is 5.47. The van der Waals surface area contributed by atoms with Crippen LogP contribution >= 0.6 is 0 Å². The molecule has 0 saturated heterocycles. The van der Waals surface area contributed by atoms with Crippen LogP contribution in [-0.4, -0.2) is 37.8 Å². The van der Waals surface area contributed by atoms with Gasteiger partial charge in [-0.3, -0.25) is 0 Å². The fourth-order valence-electron chi connectivity index (χ4n) is 1.85. The minimum absolute atomic E-state index is 0.762. The Bertz CT molecular complexity index is 549. The Hall–Kier alpha value is -2.18. The number of hydrogen-bond acceptors (Lipinski definition) is 6. The van der Waals surface area contributed by atoms with Gasteiger partial charge in [0.25, 0.3) is 0 Å². The minimum atomic E-state index is 0.762. The van der Waals surface area contributed by atoms with E-state index in [1.54, 1.807) is 6.33 Å². The van der Waals surface area contributed by atoms with Gasteiger partial charge in [-0.2, -0.15) is 0 Å². The molecule has 108 valence electrons. The molecular formula is C13H21N7. The van der Waals surface area contributed by atoms with Gasteiger partial charge < -0.3 is 15.2 Å². The first-order valence-electron chi connectivity index (χ1n) is 6.91. The summed E-state index contributed by atoms with van der Waals surface area (Å²) in [6.07, 6.45) is 3.33. The van der Waals surface area contributed by atoms with Crippen LogP contribution in [0.15, 0.2) is 12.4 Å². The number of nitrogens with one attached hydrogen (secondary N) is 2. The van der Waals surface area contributed by atoms with Crippen LogP contribution in [0, 0.1) is 0 Å². The molecule has 0 unspecified atom stereocenters. The Morgan fingerprint density at radius 3 is 2.50 bits per heavy atom. The summed E-state index contributed by atoms with van der Waals surface area (Å²) in [6.45, 7) is 5.71. The average Bonchev–Trinajstić information content (AvgIpc) is 2.84. The number of aryl methyl sites for hydroxylation is 2. The van der Waals surface area contributed by atoms with Crippen LogP contribution in [0.5, 0.6) is 0 Å². The first kappa shape index (κ1) is 14.2. The molecule has 2 rings (SSSR count). The average molecular weight is 275 g/mol. The summed E-state index contributed by atoms with van der Waals surface area (Å²) in [5, 5.41) is 14.4. The number of nitrogens with zero attached hydrogens (tertiary/aromatic N) is 5. The van der Waals surface area contributed by atoms with Crippen molar-refractivity contribution in [2.75, 3.05) is 23.7 Å². The second-order valence-electron chi connectivity index (χ2n) is 4.47. The predicted molar refractivity (Wildman–Crippen MR) is 78.8 cm³/mol. The van der Waals surface area contributed by atoms with Gasteiger partial charge >= 0.3 is 0 Å². The van der Waals surface area contributed by atoms with Crippen LogP contribution in [-0.2, 0) is 19.9 Å². The van der Waals surface area contributed by atoms with E-state index in [0.29, 0.717) is 0 Å². The Kier molecular flexibility index (Phi) is 4.86. The lowest BCUT2D eigenvalue weighted by atomic mass is 10.3. The normalized spacial score (nSPS) is 10.6. The Labute approximate surface area is 118 Å². The summed E-state index contributed by atoms with van der Waals surface area (Å²) in [4.78, 5) is 8.90. The summed E-state index contributed by atoms with van der Waals surface area (Å²) in [7, 11) is 1.94. The molecule has 0 amide bonds. The molecule has 0 spiro atoms. The standard InChI is InChI=1S/C13H21N7/c1-4-10-17-11(14-5-2)8-12(18-10)15-7-6-13-19-16-9-20(13)3/h8-9H,4-7H2,1-3H3,(H2,14,15,17,18). The van der Waals surface area contributed by atoms with E-state index in [-0.39, 0.29) is 0 Å². The van der Waals surface area contributed by atoms with E-state index >= 15 is 0 Å². The third kappa shape index (κ3) is 3.66. The van der Waals surface area contributed by atoms with E-state index in [0.717, 1.165) is 49.2 Å². The van der Waals surface area contributed by atoms with Crippen molar-refractivity contribution >= 4 is 11.6 Å². The maximum atomic E-state index is 4.47. The van der Waals surface area contributed by atoms with Gasteiger partial charge in [0.05, 0.1) is 0 Å². The molecule has 0 atom stereocenters. The third-order valence-corrected chi connectivity index (χ3v) is 2.91. The summed E-state index contributed by atoms with van der Waals surface area (Å²) < 4.78 is 1.92. The number of anilines is 2. The summed E-state index contributed by atoms with van der Waals surface area (Å²) in [5.74, 6) is 3.49. The molecule has 2 N–H and O–H groups in total. The van der Waals surface area contributed by atoms with Gasteiger partial charge in [0, 0.05) is 39.0 Å². The fraction of sp³-hybridized carbons (Fsp3) is 0.538. The molecule has 0 aliphatic rings. The molecule has 0 aromatic carbocycles. The molecule has 0 saturated carbocycles. The van der Waals surface area contributed by atoms with E-state index < -0.39 is 0 Å². The summed E-state index contributed by atoms with van der Waals surface area (Å²) in [6, 6.07) is 1.93. The van der Waals surface area contributed by atoms with Crippen LogP contribution in [0.4, 0.5) is 11.6 Å². The molecule has 2 aromatic heterocycles. The van der Waals surface area contributed by atoms with Gasteiger partial charge in [0.2, 0.25) is 0 Å². The molecule has 0 fully saturated rings. The van der Waals surface area contributed by atoms with Crippen LogP contribution < -0.4 is 10.6 Å². The second kappa shape index (κ2) is 6.83. The number of hydrogen-bond donors (Lipinski definition) is 2. The zero-order valence-electron chi connectivity index (χ0n) is 12.2. The molecule has 2 heterocycles. The van der Waals surface area contributed by atoms with Crippen molar-refractivity contribution in [1.82, 2.24) is 24.7 Å². The SMILES string of the molecule is CCNc1cc(NCCc2nncn2C)nc(CC)n1. The van der Waals surface area contributed by atoms with Crippen molar-refractivity contribution < 1.29 is 0 Å². The van der Waals surface area contributed by atoms with Crippen LogP contribution in [0.25, 0.3) is 0 Å². The number of aromatic nitrogens is 5. The van der Waals surface area contributed by atoms with Gasteiger partial charge in [-0.15, -0.1) is 10.2 Å². The summed E-state index contributed by atoms with van der Waals surface area (Å²) in [5.41, 5.74) is 0.